The number of pyridine rings is 1. The summed E-state index contributed by atoms with van der Waals surface area (Å²) >= 11 is 0. The van der Waals surface area contributed by atoms with Crippen LogP contribution < -0.4 is 0 Å². The monoisotopic (exact) mass is 374 g/mol. The van der Waals surface area contributed by atoms with Gasteiger partial charge in [0.1, 0.15) is 5.82 Å². The van der Waals surface area contributed by atoms with Crippen molar-refractivity contribution in [2.75, 3.05) is 0 Å². The number of aromatic nitrogens is 3. The van der Waals surface area contributed by atoms with Crippen molar-refractivity contribution < 1.29 is 4.79 Å². The fourth-order valence-electron chi connectivity index (χ4n) is 3.47. The van der Waals surface area contributed by atoms with Crippen LogP contribution >= 0.6 is 0 Å². The van der Waals surface area contributed by atoms with Crippen LogP contribution in [0.15, 0.2) is 55.1 Å². The Morgan fingerprint density at radius 3 is 2.79 bits per heavy atom. The molecule has 28 heavy (non-hydrogen) atoms. The zero-order valence-corrected chi connectivity index (χ0v) is 16.5. The van der Waals surface area contributed by atoms with Crippen molar-refractivity contribution in [2.24, 2.45) is 5.92 Å². The van der Waals surface area contributed by atoms with E-state index in [0.717, 1.165) is 30.8 Å². The maximum Gasteiger partial charge on any atom is 0.226 e. The molecule has 4 rings (SSSR count). The molecule has 0 unspecified atom stereocenters. The summed E-state index contributed by atoms with van der Waals surface area (Å²) in [4.78, 5) is 23.5. The number of aryl methyl sites for hydroxylation is 2. The minimum absolute atomic E-state index is 0.180. The molecule has 0 bridgehead atoms. The zero-order valence-electron chi connectivity index (χ0n) is 16.5. The Kier molecular flexibility index (Phi) is 5.24. The SMILES string of the molecule is Cc1ccc(C)c(Cn2ccnc2CN(Cc2cccnc2)C(=O)C2CC2)c1. The number of benzene rings is 1. The molecule has 1 saturated carbocycles. The summed E-state index contributed by atoms with van der Waals surface area (Å²) in [5, 5.41) is 0. The first kappa shape index (κ1) is 18.4. The van der Waals surface area contributed by atoms with Gasteiger partial charge in [0.2, 0.25) is 5.91 Å². The first-order valence-corrected chi connectivity index (χ1v) is 9.84. The predicted molar refractivity (Wildman–Crippen MR) is 108 cm³/mol. The first-order valence-electron chi connectivity index (χ1n) is 9.84. The van der Waals surface area contributed by atoms with Gasteiger partial charge in [-0.1, -0.05) is 29.8 Å². The highest BCUT2D eigenvalue weighted by atomic mass is 16.2. The lowest BCUT2D eigenvalue weighted by Crippen LogP contribution is -2.32. The molecule has 0 aliphatic heterocycles. The molecular weight excluding hydrogens is 348 g/mol. The molecule has 1 aliphatic carbocycles. The van der Waals surface area contributed by atoms with Crippen LogP contribution in [0.4, 0.5) is 0 Å². The molecule has 5 nitrogen and oxygen atoms in total. The number of rotatable bonds is 7. The standard InChI is InChI=1S/C23H26N4O/c1-17-5-6-18(2)21(12-17)15-26-11-10-25-22(26)16-27(23(28)20-7-8-20)14-19-4-3-9-24-13-19/h3-6,9-13,20H,7-8,14-16H2,1-2H3. The predicted octanol–water partition coefficient (Wildman–Crippen LogP) is 3.88. The lowest BCUT2D eigenvalue weighted by molar-refractivity contribution is -0.134. The van der Waals surface area contributed by atoms with Crippen LogP contribution in [0.1, 0.15) is 40.9 Å². The van der Waals surface area contributed by atoms with Crippen molar-refractivity contribution >= 4 is 5.91 Å². The molecule has 2 aromatic heterocycles. The van der Waals surface area contributed by atoms with Crippen LogP contribution in [0.2, 0.25) is 0 Å². The second-order valence-electron chi connectivity index (χ2n) is 7.73. The van der Waals surface area contributed by atoms with E-state index >= 15 is 0 Å². The summed E-state index contributed by atoms with van der Waals surface area (Å²) in [7, 11) is 0. The molecule has 144 valence electrons. The van der Waals surface area contributed by atoms with Gasteiger partial charge in [-0.15, -0.1) is 0 Å². The Balaban J connectivity index is 1.55. The van der Waals surface area contributed by atoms with Crippen LogP contribution in [-0.2, 0) is 24.4 Å². The van der Waals surface area contributed by atoms with E-state index in [1.165, 1.54) is 16.7 Å². The molecule has 0 saturated heterocycles. The maximum absolute atomic E-state index is 12.9. The molecule has 1 fully saturated rings. The maximum atomic E-state index is 12.9. The van der Waals surface area contributed by atoms with Gasteiger partial charge < -0.3 is 9.47 Å². The largest absolute Gasteiger partial charge is 0.331 e. The van der Waals surface area contributed by atoms with Crippen LogP contribution in [0.3, 0.4) is 0 Å². The van der Waals surface area contributed by atoms with E-state index in [0.29, 0.717) is 13.1 Å². The number of amides is 1. The third-order valence-corrected chi connectivity index (χ3v) is 5.31. The Morgan fingerprint density at radius 1 is 1.18 bits per heavy atom. The molecule has 0 spiro atoms. The molecule has 0 radical (unpaired) electrons. The van der Waals surface area contributed by atoms with Crippen LogP contribution in [0, 0.1) is 19.8 Å². The van der Waals surface area contributed by atoms with Crippen LogP contribution in [0.5, 0.6) is 0 Å². The van der Waals surface area contributed by atoms with E-state index in [1.54, 1.807) is 6.20 Å². The molecule has 1 aliphatic rings. The second-order valence-corrected chi connectivity index (χ2v) is 7.73. The Hall–Kier alpha value is -2.95. The van der Waals surface area contributed by atoms with Gasteiger partial charge in [-0.2, -0.15) is 0 Å². The fraction of sp³-hybridized carbons (Fsp3) is 0.348. The number of hydrogen-bond acceptors (Lipinski definition) is 3. The first-order chi connectivity index (χ1) is 13.6. The van der Waals surface area contributed by atoms with Crippen molar-refractivity contribution in [1.82, 2.24) is 19.4 Å². The molecular formula is C23H26N4O. The van der Waals surface area contributed by atoms with Gasteiger partial charge in [-0.05, 0) is 49.4 Å². The zero-order chi connectivity index (χ0) is 19.5. The molecule has 2 heterocycles. The number of nitrogens with zero attached hydrogens (tertiary/aromatic N) is 4. The fourth-order valence-corrected chi connectivity index (χ4v) is 3.47. The topological polar surface area (TPSA) is 51.0 Å². The summed E-state index contributed by atoms with van der Waals surface area (Å²) in [5.41, 5.74) is 4.85. The number of carbonyl (C=O) groups is 1. The van der Waals surface area contributed by atoms with E-state index in [4.69, 9.17) is 0 Å². The summed E-state index contributed by atoms with van der Waals surface area (Å²) in [6.07, 6.45) is 9.41. The third-order valence-electron chi connectivity index (χ3n) is 5.31. The smallest absolute Gasteiger partial charge is 0.226 e. The van der Waals surface area contributed by atoms with E-state index in [9.17, 15) is 4.79 Å². The normalized spacial score (nSPS) is 13.5. The molecule has 5 heteroatoms. The van der Waals surface area contributed by atoms with Gasteiger partial charge in [-0.3, -0.25) is 9.78 Å². The Labute approximate surface area is 166 Å². The summed E-state index contributed by atoms with van der Waals surface area (Å²) < 4.78 is 2.15. The molecule has 0 atom stereocenters. The number of hydrogen-bond donors (Lipinski definition) is 0. The van der Waals surface area contributed by atoms with E-state index in [1.807, 2.05) is 35.6 Å². The van der Waals surface area contributed by atoms with Crippen molar-refractivity contribution in [3.8, 4) is 0 Å². The molecule has 1 aromatic carbocycles. The summed E-state index contributed by atoms with van der Waals surface area (Å²) in [6.45, 7) is 6.10. The van der Waals surface area contributed by atoms with Crippen molar-refractivity contribution in [3.63, 3.8) is 0 Å². The second kappa shape index (κ2) is 7.97. The van der Waals surface area contributed by atoms with Crippen LogP contribution in [0.25, 0.3) is 0 Å². The van der Waals surface area contributed by atoms with E-state index in [-0.39, 0.29) is 11.8 Å². The van der Waals surface area contributed by atoms with E-state index in [2.05, 4.69) is 46.6 Å². The lowest BCUT2D eigenvalue weighted by atomic mass is 10.1. The average molecular weight is 374 g/mol. The molecule has 1 amide bonds. The summed E-state index contributed by atoms with van der Waals surface area (Å²) in [6, 6.07) is 10.4. The minimum atomic E-state index is 0.180. The molecule has 3 aromatic rings. The van der Waals surface area contributed by atoms with Gasteiger partial charge in [0.05, 0.1) is 6.54 Å². The van der Waals surface area contributed by atoms with Gasteiger partial charge in [0.25, 0.3) is 0 Å². The number of imidazole rings is 1. The Bertz CT molecular complexity index is 960. The van der Waals surface area contributed by atoms with Gasteiger partial charge in [0, 0.05) is 43.8 Å². The van der Waals surface area contributed by atoms with Gasteiger partial charge in [-0.25, -0.2) is 4.98 Å². The third kappa shape index (κ3) is 4.30. The van der Waals surface area contributed by atoms with E-state index < -0.39 is 0 Å². The highest BCUT2D eigenvalue weighted by Gasteiger charge is 2.34. The van der Waals surface area contributed by atoms with Crippen molar-refractivity contribution in [2.45, 2.75) is 46.3 Å². The Morgan fingerprint density at radius 2 is 2.04 bits per heavy atom. The van der Waals surface area contributed by atoms with Gasteiger partial charge >= 0.3 is 0 Å². The number of carbonyl (C=O) groups excluding carboxylic acids is 1. The lowest BCUT2D eigenvalue weighted by Gasteiger charge is -2.23. The van der Waals surface area contributed by atoms with Crippen LogP contribution in [-0.4, -0.2) is 25.3 Å². The minimum Gasteiger partial charge on any atom is -0.331 e. The summed E-state index contributed by atoms with van der Waals surface area (Å²) in [5.74, 6) is 1.32. The van der Waals surface area contributed by atoms with Gasteiger partial charge in [0.15, 0.2) is 0 Å². The van der Waals surface area contributed by atoms with Crippen molar-refractivity contribution in [1.29, 1.82) is 0 Å². The van der Waals surface area contributed by atoms with Crippen molar-refractivity contribution in [3.05, 3.63) is 83.2 Å². The molecule has 0 N–H and O–H groups in total. The quantitative estimate of drug-likeness (QED) is 0.631. The highest BCUT2D eigenvalue weighted by molar-refractivity contribution is 5.81. The highest BCUT2D eigenvalue weighted by Crippen LogP contribution is 2.32. The average Bonchev–Trinajstić information content (AvgIpc) is 3.46.